The highest BCUT2D eigenvalue weighted by molar-refractivity contribution is 6.04. The molecule has 2 N–H and O–H groups in total. The van der Waals surface area contributed by atoms with Gasteiger partial charge in [-0.1, -0.05) is 0 Å². The molecule has 0 saturated carbocycles. The van der Waals surface area contributed by atoms with Crippen molar-refractivity contribution >= 4 is 17.5 Å². The van der Waals surface area contributed by atoms with E-state index in [1.807, 2.05) is 0 Å². The van der Waals surface area contributed by atoms with Crippen LogP contribution in [-0.2, 0) is 15.5 Å². The number of aryl methyl sites for hydroxylation is 1. The highest BCUT2D eigenvalue weighted by Crippen LogP contribution is 2.35. The van der Waals surface area contributed by atoms with Crippen LogP contribution in [0.3, 0.4) is 0 Å². The molecular formula is C21H19F4N3O3. The maximum atomic E-state index is 15.1. The van der Waals surface area contributed by atoms with Gasteiger partial charge in [0.1, 0.15) is 17.8 Å². The lowest BCUT2D eigenvalue weighted by Crippen LogP contribution is -2.55. The van der Waals surface area contributed by atoms with Crippen molar-refractivity contribution in [3.63, 3.8) is 0 Å². The first-order valence-corrected chi connectivity index (χ1v) is 9.57. The molecule has 2 aromatic carbocycles. The molecule has 2 bridgehead atoms. The molecule has 164 valence electrons. The molecule has 2 aliphatic rings. The second-order valence-corrected chi connectivity index (χ2v) is 7.51. The number of carbonyl (C=O) groups excluding carboxylic acids is 2. The molecule has 2 aromatic rings. The maximum absolute atomic E-state index is 15.1. The van der Waals surface area contributed by atoms with E-state index in [1.165, 1.54) is 19.1 Å². The third-order valence-electron chi connectivity index (χ3n) is 5.39. The first kappa shape index (κ1) is 21.3. The summed E-state index contributed by atoms with van der Waals surface area (Å²) < 4.78 is 63.1. The number of hydrogen-bond acceptors (Lipinski definition) is 4. The summed E-state index contributed by atoms with van der Waals surface area (Å²) in [4.78, 5) is 26.1. The number of alkyl halides is 2. The topological polar surface area (TPSA) is 70.7 Å². The van der Waals surface area contributed by atoms with E-state index in [-0.39, 0.29) is 30.0 Å². The fraction of sp³-hybridized carbons (Fsp3) is 0.333. The van der Waals surface area contributed by atoms with Crippen LogP contribution in [0, 0.1) is 18.6 Å². The highest BCUT2D eigenvalue weighted by Gasteiger charge is 2.52. The van der Waals surface area contributed by atoms with Gasteiger partial charge in [-0.3, -0.25) is 14.9 Å². The Morgan fingerprint density at radius 2 is 1.87 bits per heavy atom. The molecular weight excluding hydrogens is 418 g/mol. The normalized spacial score (nSPS) is 20.6. The van der Waals surface area contributed by atoms with Crippen molar-refractivity contribution < 1.29 is 31.9 Å². The van der Waals surface area contributed by atoms with Crippen LogP contribution in [-0.4, -0.2) is 48.7 Å². The Balaban J connectivity index is 1.60. The van der Waals surface area contributed by atoms with Crippen molar-refractivity contribution in [3.05, 3.63) is 64.7 Å². The van der Waals surface area contributed by atoms with Gasteiger partial charge in [0.05, 0.1) is 24.8 Å². The lowest BCUT2D eigenvalue weighted by molar-refractivity contribution is -0.169. The number of nitrogens with zero attached hydrogens (tertiary/aromatic N) is 1. The van der Waals surface area contributed by atoms with Gasteiger partial charge in [0, 0.05) is 17.8 Å². The number of amides is 2. The van der Waals surface area contributed by atoms with Crippen molar-refractivity contribution in [2.45, 2.75) is 25.1 Å². The molecule has 2 atom stereocenters. The number of rotatable bonds is 4. The molecule has 10 heteroatoms. The predicted molar refractivity (Wildman–Crippen MR) is 103 cm³/mol. The third-order valence-corrected chi connectivity index (χ3v) is 5.39. The van der Waals surface area contributed by atoms with Crippen LogP contribution >= 0.6 is 0 Å². The monoisotopic (exact) mass is 437 g/mol. The van der Waals surface area contributed by atoms with Gasteiger partial charge in [0.15, 0.2) is 0 Å². The van der Waals surface area contributed by atoms with Gasteiger partial charge in [-0.2, -0.15) is 8.78 Å². The molecule has 2 fully saturated rings. The first-order chi connectivity index (χ1) is 14.7. The number of anilines is 1. The van der Waals surface area contributed by atoms with Gasteiger partial charge in [0.2, 0.25) is 0 Å². The van der Waals surface area contributed by atoms with Gasteiger partial charge in [-0.05, 0) is 48.9 Å². The third kappa shape index (κ3) is 3.88. The number of hydrogen-bond donors (Lipinski definition) is 2. The minimum absolute atomic E-state index is 0.0559. The Hall–Kier alpha value is -2.98. The van der Waals surface area contributed by atoms with E-state index in [0.29, 0.717) is 18.7 Å². The lowest BCUT2D eigenvalue weighted by atomic mass is 10.0. The van der Waals surface area contributed by atoms with E-state index in [1.54, 1.807) is 0 Å². The van der Waals surface area contributed by atoms with E-state index in [2.05, 4.69) is 10.6 Å². The predicted octanol–water partition coefficient (Wildman–Crippen LogP) is 2.77. The number of fused-ring (bicyclic) bond motifs is 2. The van der Waals surface area contributed by atoms with Crippen LogP contribution in [0.2, 0.25) is 0 Å². The Morgan fingerprint density at radius 3 is 2.58 bits per heavy atom. The summed E-state index contributed by atoms with van der Waals surface area (Å²) in [5.74, 6) is -8.31. The van der Waals surface area contributed by atoms with Gasteiger partial charge >= 0.3 is 5.92 Å². The molecule has 2 unspecified atom stereocenters. The van der Waals surface area contributed by atoms with Crippen molar-refractivity contribution in [3.8, 4) is 0 Å². The second-order valence-electron chi connectivity index (χ2n) is 7.51. The summed E-state index contributed by atoms with van der Waals surface area (Å²) in [6, 6.07) is 5.67. The van der Waals surface area contributed by atoms with E-state index in [4.69, 9.17) is 4.74 Å². The zero-order chi connectivity index (χ0) is 22.3. The van der Waals surface area contributed by atoms with Crippen LogP contribution in [0.4, 0.5) is 23.2 Å². The summed E-state index contributed by atoms with van der Waals surface area (Å²) >= 11 is 0. The van der Waals surface area contributed by atoms with E-state index in [0.717, 1.165) is 17.0 Å². The minimum atomic E-state index is -4.19. The van der Waals surface area contributed by atoms with Gasteiger partial charge < -0.3 is 15.0 Å². The number of halogens is 4. The SMILES string of the molecule is Cc1cc(NC(=O)c2ccc(F)c(C(F)(F)C(=O)N3C4CNC3COC4)c2)ccc1F. The summed E-state index contributed by atoms with van der Waals surface area (Å²) in [6.07, 6.45) is -0.714. The molecule has 0 aromatic heterocycles. The quantitative estimate of drug-likeness (QED) is 0.722. The van der Waals surface area contributed by atoms with Crippen LogP contribution in [0.5, 0.6) is 0 Å². The summed E-state index contributed by atoms with van der Waals surface area (Å²) in [7, 11) is 0. The average Bonchev–Trinajstić information content (AvgIpc) is 2.98. The Kier molecular flexibility index (Phi) is 5.44. The fourth-order valence-corrected chi connectivity index (χ4v) is 3.73. The van der Waals surface area contributed by atoms with Crippen LogP contribution in [0.25, 0.3) is 0 Å². The van der Waals surface area contributed by atoms with E-state index in [9.17, 15) is 18.4 Å². The highest BCUT2D eigenvalue weighted by atomic mass is 19.3. The molecule has 4 rings (SSSR count). The van der Waals surface area contributed by atoms with Crippen molar-refractivity contribution in [1.82, 2.24) is 10.2 Å². The van der Waals surface area contributed by atoms with Crippen LogP contribution in [0.1, 0.15) is 21.5 Å². The van der Waals surface area contributed by atoms with Crippen molar-refractivity contribution in [1.29, 1.82) is 0 Å². The first-order valence-electron chi connectivity index (χ1n) is 9.57. The van der Waals surface area contributed by atoms with Gasteiger partial charge in [0.25, 0.3) is 11.8 Å². The summed E-state index contributed by atoms with van der Waals surface area (Å²) in [5.41, 5.74) is -0.933. The average molecular weight is 437 g/mol. The maximum Gasteiger partial charge on any atom is 0.352 e. The molecule has 0 spiro atoms. The second kappa shape index (κ2) is 7.93. The molecule has 31 heavy (non-hydrogen) atoms. The zero-order valence-electron chi connectivity index (χ0n) is 16.4. The number of nitrogens with one attached hydrogen (secondary N) is 2. The number of benzene rings is 2. The van der Waals surface area contributed by atoms with Crippen molar-refractivity contribution in [2.24, 2.45) is 0 Å². The smallest absolute Gasteiger partial charge is 0.352 e. The van der Waals surface area contributed by atoms with Gasteiger partial charge in [-0.15, -0.1) is 0 Å². The lowest BCUT2D eigenvalue weighted by Gasteiger charge is -2.35. The van der Waals surface area contributed by atoms with E-state index >= 15 is 8.78 Å². The fourth-order valence-electron chi connectivity index (χ4n) is 3.73. The van der Waals surface area contributed by atoms with Gasteiger partial charge in [-0.25, -0.2) is 8.78 Å². The molecule has 2 aliphatic heterocycles. The Bertz CT molecular complexity index is 1030. The molecule has 0 aliphatic carbocycles. The molecule has 2 saturated heterocycles. The van der Waals surface area contributed by atoms with Crippen LogP contribution in [0.15, 0.2) is 36.4 Å². The minimum Gasteiger partial charge on any atom is -0.376 e. The Morgan fingerprint density at radius 1 is 1.13 bits per heavy atom. The molecule has 2 heterocycles. The Labute approximate surface area is 175 Å². The standard InChI is InChI=1S/C21H19F4N3O3/c1-11-6-13(3-5-16(11)22)27-19(29)12-2-4-17(23)15(7-12)21(24,25)20(30)28-14-8-26-18(28)10-31-9-14/h2-7,14,18,26H,8-10H2,1H3,(H,27,29). The summed E-state index contributed by atoms with van der Waals surface area (Å²) in [5, 5.41) is 5.36. The summed E-state index contributed by atoms with van der Waals surface area (Å²) in [6.45, 7) is 1.96. The van der Waals surface area contributed by atoms with Crippen LogP contribution < -0.4 is 10.6 Å². The van der Waals surface area contributed by atoms with E-state index < -0.39 is 47.1 Å². The largest absolute Gasteiger partial charge is 0.376 e. The molecule has 6 nitrogen and oxygen atoms in total. The number of ether oxygens (including phenoxy) is 1. The number of carbonyl (C=O) groups is 2. The zero-order valence-corrected chi connectivity index (χ0v) is 16.4. The molecule has 0 radical (unpaired) electrons. The number of morpholine rings is 1. The molecule has 2 amide bonds. The van der Waals surface area contributed by atoms with Crippen molar-refractivity contribution in [2.75, 3.05) is 25.1 Å².